The lowest BCUT2D eigenvalue weighted by Gasteiger charge is -2.20. The van der Waals surface area contributed by atoms with E-state index in [0.717, 1.165) is 28.2 Å². The molecule has 0 aliphatic heterocycles. The van der Waals surface area contributed by atoms with E-state index in [-0.39, 0.29) is 10.6 Å². The van der Waals surface area contributed by atoms with Crippen molar-refractivity contribution in [1.82, 2.24) is 10.3 Å². The summed E-state index contributed by atoms with van der Waals surface area (Å²) in [5, 5.41) is 23.0. The average Bonchev–Trinajstić information content (AvgIpc) is 3.10. The van der Waals surface area contributed by atoms with E-state index in [1.807, 2.05) is 0 Å². The van der Waals surface area contributed by atoms with Crippen LogP contribution in [0.4, 0.5) is 13.2 Å². The first-order valence-electron chi connectivity index (χ1n) is 8.36. The summed E-state index contributed by atoms with van der Waals surface area (Å²) >= 11 is 1.14. The number of halogens is 3. The van der Waals surface area contributed by atoms with Gasteiger partial charge in [-0.1, -0.05) is 24.3 Å². The van der Waals surface area contributed by atoms with Gasteiger partial charge in [0.1, 0.15) is 11.1 Å². The monoisotopic (exact) mass is 410 g/mol. The molecule has 0 bridgehead atoms. The molecule has 0 saturated heterocycles. The van der Waals surface area contributed by atoms with Crippen molar-refractivity contribution in [2.24, 2.45) is 0 Å². The van der Waals surface area contributed by atoms with E-state index in [2.05, 4.69) is 10.3 Å². The highest BCUT2D eigenvalue weighted by atomic mass is 32.1. The summed E-state index contributed by atoms with van der Waals surface area (Å²) in [6, 6.07) is 10.9. The SMILES string of the molecule is C[C@H](NC(=O)[C@H](O)[C@H](O)c1nc2ccccc2s1)c1cccc(C(F)(F)F)c1. The molecule has 0 spiro atoms. The number of fused-ring (bicyclic) bond motifs is 1. The smallest absolute Gasteiger partial charge is 0.383 e. The van der Waals surface area contributed by atoms with Crippen LogP contribution in [0, 0.1) is 0 Å². The van der Waals surface area contributed by atoms with Crippen molar-refractivity contribution in [3.8, 4) is 0 Å². The molecule has 3 atom stereocenters. The molecule has 0 aliphatic carbocycles. The summed E-state index contributed by atoms with van der Waals surface area (Å²) in [7, 11) is 0. The number of nitrogens with zero attached hydrogens (tertiary/aromatic N) is 1. The van der Waals surface area contributed by atoms with Gasteiger partial charge in [0.05, 0.1) is 21.8 Å². The molecule has 28 heavy (non-hydrogen) atoms. The van der Waals surface area contributed by atoms with Crippen molar-refractivity contribution in [3.63, 3.8) is 0 Å². The van der Waals surface area contributed by atoms with E-state index < -0.39 is 35.9 Å². The van der Waals surface area contributed by atoms with E-state index in [4.69, 9.17) is 0 Å². The molecular formula is C19H17F3N2O3S. The third kappa shape index (κ3) is 4.32. The fourth-order valence-corrected chi connectivity index (χ4v) is 3.65. The van der Waals surface area contributed by atoms with Crippen LogP contribution in [-0.4, -0.2) is 27.2 Å². The van der Waals surface area contributed by atoms with Crippen LogP contribution in [0.15, 0.2) is 48.5 Å². The minimum atomic E-state index is -4.50. The molecule has 0 fully saturated rings. The molecule has 9 heteroatoms. The van der Waals surface area contributed by atoms with Crippen LogP contribution in [0.1, 0.15) is 35.2 Å². The number of benzene rings is 2. The number of para-hydroxylation sites is 1. The van der Waals surface area contributed by atoms with Gasteiger partial charge in [0.15, 0.2) is 6.10 Å². The molecule has 3 N–H and O–H groups in total. The Labute approximate surface area is 162 Å². The Kier molecular flexibility index (Phi) is 5.69. The maximum absolute atomic E-state index is 12.8. The molecule has 0 unspecified atom stereocenters. The molecule has 3 rings (SSSR count). The van der Waals surface area contributed by atoms with E-state index in [1.165, 1.54) is 19.1 Å². The van der Waals surface area contributed by atoms with Gasteiger partial charge in [0.25, 0.3) is 5.91 Å². The number of aliphatic hydroxyl groups is 2. The number of alkyl halides is 3. The number of hydrogen-bond donors (Lipinski definition) is 3. The summed E-state index contributed by atoms with van der Waals surface area (Å²) in [4.78, 5) is 16.5. The zero-order valence-corrected chi connectivity index (χ0v) is 15.5. The van der Waals surface area contributed by atoms with Gasteiger partial charge in [-0.25, -0.2) is 4.98 Å². The van der Waals surface area contributed by atoms with Crippen molar-refractivity contribution in [2.75, 3.05) is 0 Å². The summed E-state index contributed by atoms with van der Waals surface area (Å²) in [5.74, 6) is -0.906. The largest absolute Gasteiger partial charge is 0.416 e. The van der Waals surface area contributed by atoms with E-state index in [9.17, 15) is 28.2 Å². The molecule has 148 valence electrons. The van der Waals surface area contributed by atoms with Gasteiger partial charge in [-0.15, -0.1) is 11.3 Å². The average molecular weight is 410 g/mol. The summed E-state index contributed by atoms with van der Waals surface area (Å²) in [6.45, 7) is 1.49. The van der Waals surface area contributed by atoms with Gasteiger partial charge >= 0.3 is 6.18 Å². The molecule has 3 aromatic rings. The third-order valence-corrected chi connectivity index (χ3v) is 5.31. The second-order valence-corrected chi connectivity index (χ2v) is 7.33. The van der Waals surface area contributed by atoms with Crippen molar-refractivity contribution in [2.45, 2.75) is 31.3 Å². The Hall–Kier alpha value is -2.49. The van der Waals surface area contributed by atoms with Gasteiger partial charge in [0.2, 0.25) is 0 Å². The highest BCUT2D eigenvalue weighted by Gasteiger charge is 2.32. The number of carbonyl (C=O) groups excluding carboxylic acids is 1. The minimum absolute atomic E-state index is 0.176. The van der Waals surface area contributed by atoms with E-state index in [0.29, 0.717) is 5.52 Å². The molecule has 1 amide bonds. The Bertz CT molecular complexity index is 957. The number of nitrogens with one attached hydrogen (secondary N) is 1. The minimum Gasteiger partial charge on any atom is -0.383 e. The van der Waals surface area contributed by atoms with Crippen LogP contribution < -0.4 is 5.32 Å². The van der Waals surface area contributed by atoms with Crippen LogP contribution in [0.2, 0.25) is 0 Å². The quantitative estimate of drug-likeness (QED) is 0.600. The molecule has 0 radical (unpaired) electrons. The standard InChI is InChI=1S/C19H17F3N2O3S/c1-10(11-5-4-6-12(9-11)19(20,21)22)23-17(27)15(25)16(26)18-24-13-7-2-3-8-14(13)28-18/h2-10,15-16,25-26H,1H3,(H,23,27)/t10-,15+,16-/m0/s1. The fourth-order valence-electron chi connectivity index (χ4n) is 2.66. The Balaban J connectivity index is 1.71. The predicted octanol–water partition coefficient (Wildman–Crippen LogP) is 3.59. The van der Waals surface area contributed by atoms with Crippen molar-refractivity contribution < 1.29 is 28.2 Å². The molecule has 0 saturated carbocycles. The highest BCUT2D eigenvalue weighted by Crippen LogP contribution is 2.31. The number of amides is 1. The Morgan fingerprint density at radius 3 is 2.54 bits per heavy atom. The maximum atomic E-state index is 12.8. The van der Waals surface area contributed by atoms with Gasteiger partial charge in [-0.2, -0.15) is 13.2 Å². The zero-order valence-electron chi connectivity index (χ0n) is 14.6. The molecule has 0 aliphatic rings. The van der Waals surface area contributed by atoms with Crippen molar-refractivity contribution >= 4 is 27.5 Å². The van der Waals surface area contributed by atoms with Crippen LogP contribution in [0.5, 0.6) is 0 Å². The topological polar surface area (TPSA) is 82.5 Å². The third-order valence-electron chi connectivity index (χ3n) is 4.20. The maximum Gasteiger partial charge on any atom is 0.416 e. The first-order valence-corrected chi connectivity index (χ1v) is 9.17. The summed E-state index contributed by atoms with van der Waals surface area (Å²) in [6.07, 6.45) is -7.86. The second kappa shape index (κ2) is 7.86. The number of aliphatic hydroxyl groups excluding tert-OH is 2. The fraction of sp³-hybridized carbons (Fsp3) is 0.263. The van der Waals surface area contributed by atoms with Crippen LogP contribution >= 0.6 is 11.3 Å². The highest BCUT2D eigenvalue weighted by molar-refractivity contribution is 7.18. The Morgan fingerprint density at radius 2 is 1.86 bits per heavy atom. The number of aromatic nitrogens is 1. The van der Waals surface area contributed by atoms with Gasteiger partial charge in [-0.3, -0.25) is 4.79 Å². The van der Waals surface area contributed by atoms with Gasteiger partial charge in [-0.05, 0) is 36.8 Å². The number of rotatable bonds is 5. The molecule has 2 aromatic carbocycles. The number of hydrogen-bond acceptors (Lipinski definition) is 5. The first-order chi connectivity index (χ1) is 13.2. The molecule has 1 aromatic heterocycles. The summed E-state index contributed by atoms with van der Waals surface area (Å²) in [5.41, 5.74) is 0.0255. The molecule has 5 nitrogen and oxygen atoms in total. The van der Waals surface area contributed by atoms with Gasteiger partial charge < -0.3 is 15.5 Å². The number of thiazole rings is 1. The molecular weight excluding hydrogens is 393 g/mol. The Morgan fingerprint density at radius 1 is 1.14 bits per heavy atom. The van der Waals surface area contributed by atoms with Crippen LogP contribution in [0.3, 0.4) is 0 Å². The zero-order chi connectivity index (χ0) is 20.5. The summed E-state index contributed by atoms with van der Waals surface area (Å²) < 4.78 is 39.3. The molecule has 1 heterocycles. The van der Waals surface area contributed by atoms with E-state index >= 15 is 0 Å². The lowest BCUT2D eigenvalue weighted by atomic mass is 10.0. The lowest BCUT2D eigenvalue weighted by Crippen LogP contribution is -2.39. The van der Waals surface area contributed by atoms with Crippen LogP contribution in [0.25, 0.3) is 10.2 Å². The van der Waals surface area contributed by atoms with Crippen molar-refractivity contribution in [1.29, 1.82) is 0 Å². The number of carbonyl (C=O) groups is 1. The van der Waals surface area contributed by atoms with E-state index in [1.54, 1.807) is 24.3 Å². The van der Waals surface area contributed by atoms with Crippen LogP contribution in [-0.2, 0) is 11.0 Å². The first kappa shape index (κ1) is 20.2. The normalized spacial score (nSPS) is 15.2. The predicted molar refractivity (Wildman–Crippen MR) is 98.6 cm³/mol. The van der Waals surface area contributed by atoms with Gasteiger partial charge in [0, 0.05) is 0 Å². The lowest BCUT2D eigenvalue weighted by molar-refractivity contribution is -0.137. The van der Waals surface area contributed by atoms with Crippen molar-refractivity contribution in [3.05, 3.63) is 64.7 Å². The second-order valence-electron chi connectivity index (χ2n) is 6.26.